The number of nitrogens with two attached hydrogens (primary N) is 1. The molecule has 0 aliphatic heterocycles. The van der Waals surface area contributed by atoms with Crippen molar-refractivity contribution in [2.75, 3.05) is 16.9 Å². The van der Waals surface area contributed by atoms with Crippen LogP contribution in [0, 0.1) is 26.6 Å². The van der Waals surface area contributed by atoms with Crippen molar-refractivity contribution in [3.8, 4) is 5.95 Å². The molecule has 0 radical (unpaired) electrons. The molecule has 3 rings (SSSR count). The molecule has 0 bridgehead atoms. The van der Waals surface area contributed by atoms with Gasteiger partial charge < -0.3 is 11.2 Å². The molecule has 0 aliphatic rings. The number of aryl methyl sites for hydroxylation is 3. The molecular weight excluding hydrogens is 357 g/mol. The predicted octanol–water partition coefficient (Wildman–Crippen LogP) is 1.97. The summed E-state index contributed by atoms with van der Waals surface area (Å²) in [6.07, 6.45) is 0. The Morgan fingerprint density at radius 3 is 2.69 bits per heavy atom. The maximum atomic E-state index is 13.5. The van der Waals surface area contributed by atoms with Crippen molar-refractivity contribution in [1.29, 1.82) is 0 Å². The Bertz CT molecular complexity index is 966. The minimum Gasteiger partial charge on any atom is -0.334 e. The first-order valence-electron chi connectivity index (χ1n) is 7.78. The lowest BCUT2D eigenvalue weighted by molar-refractivity contribution is -0.113. The number of aromatic nitrogens is 5. The van der Waals surface area contributed by atoms with E-state index >= 15 is 0 Å². The Hall–Kier alpha value is -2.88. The summed E-state index contributed by atoms with van der Waals surface area (Å²) in [6, 6.07) is 6.43. The topological polar surface area (TPSA) is 104 Å². The van der Waals surface area contributed by atoms with Crippen LogP contribution >= 0.6 is 11.8 Å². The molecule has 0 saturated carbocycles. The third-order valence-corrected chi connectivity index (χ3v) is 4.58. The molecular formula is C16H18FN7OS. The summed E-state index contributed by atoms with van der Waals surface area (Å²) in [6.45, 7) is 5.41. The van der Waals surface area contributed by atoms with Crippen LogP contribution in [0.4, 0.5) is 10.1 Å². The van der Waals surface area contributed by atoms with Gasteiger partial charge in [0.05, 0.1) is 11.4 Å². The Kier molecular flexibility index (Phi) is 4.94. The van der Waals surface area contributed by atoms with Gasteiger partial charge in [0.15, 0.2) is 0 Å². The highest BCUT2D eigenvalue weighted by molar-refractivity contribution is 7.99. The molecule has 2 heterocycles. The first kappa shape index (κ1) is 17.9. The highest BCUT2D eigenvalue weighted by Crippen LogP contribution is 2.19. The maximum Gasteiger partial charge on any atom is 0.271 e. The lowest BCUT2D eigenvalue weighted by Crippen LogP contribution is -2.18. The van der Waals surface area contributed by atoms with Gasteiger partial charge in [0.1, 0.15) is 5.82 Å². The number of carbonyl (C=O) groups excluding carboxylic acids is 1. The maximum absolute atomic E-state index is 13.5. The summed E-state index contributed by atoms with van der Waals surface area (Å²) in [5.74, 6) is 5.77. The van der Waals surface area contributed by atoms with Crippen LogP contribution < -0.4 is 11.2 Å². The Balaban J connectivity index is 1.65. The van der Waals surface area contributed by atoms with Crippen molar-refractivity contribution >= 4 is 23.4 Å². The molecule has 0 saturated heterocycles. The number of nitrogens with one attached hydrogen (secondary N) is 1. The summed E-state index contributed by atoms with van der Waals surface area (Å²) >= 11 is 1.13. The summed E-state index contributed by atoms with van der Waals surface area (Å²) in [4.78, 5) is 12.1. The molecule has 10 heteroatoms. The number of nitrogens with zero attached hydrogens (tertiary/aromatic N) is 5. The van der Waals surface area contributed by atoms with Crippen molar-refractivity contribution in [2.24, 2.45) is 0 Å². The number of amides is 1. The van der Waals surface area contributed by atoms with Gasteiger partial charge in [-0.15, -0.1) is 10.2 Å². The van der Waals surface area contributed by atoms with E-state index < -0.39 is 0 Å². The molecule has 8 nitrogen and oxygen atoms in total. The van der Waals surface area contributed by atoms with Gasteiger partial charge >= 0.3 is 0 Å². The SMILES string of the molecule is Cc1cc(C)n(-c2nnc(SCC(=O)Nc3ccc(C)c(F)c3)n2N)n1. The van der Waals surface area contributed by atoms with E-state index in [0.29, 0.717) is 22.4 Å². The van der Waals surface area contributed by atoms with Gasteiger partial charge in [-0.1, -0.05) is 17.8 Å². The fourth-order valence-corrected chi connectivity index (χ4v) is 2.99. The van der Waals surface area contributed by atoms with Gasteiger partial charge in [0.2, 0.25) is 11.1 Å². The monoisotopic (exact) mass is 375 g/mol. The summed E-state index contributed by atoms with van der Waals surface area (Å²) in [5.41, 5.74) is 2.63. The lowest BCUT2D eigenvalue weighted by Gasteiger charge is -2.07. The molecule has 0 atom stereocenters. The molecule has 136 valence electrons. The van der Waals surface area contributed by atoms with Crippen LogP contribution in [0.3, 0.4) is 0 Å². The number of rotatable bonds is 5. The predicted molar refractivity (Wildman–Crippen MR) is 97.3 cm³/mol. The van der Waals surface area contributed by atoms with Crippen molar-refractivity contribution < 1.29 is 9.18 Å². The average molecular weight is 375 g/mol. The zero-order valence-corrected chi connectivity index (χ0v) is 15.3. The van der Waals surface area contributed by atoms with Gasteiger partial charge in [0.25, 0.3) is 5.95 Å². The van der Waals surface area contributed by atoms with E-state index in [1.807, 2.05) is 19.9 Å². The van der Waals surface area contributed by atoms with Gasteiger partial charge in [-0.25, -0.2) is 13.7 Å². The number of carbonyl (C=O) groups is 1. The van der Waals surface area contributed by atoms with E-state index in [2.05, 4.69) is 20.6 Å². The first-order chi connectivity index (χ1) is 12.3. The third-order valence-electron chi connectivity index (χ3n) is 3.63. The minimum atomic E-state index is -0.369. The van der Waals surface area contributed by atoms with E-state index in [-0.39, 0.29) is 17.5 Å². The number of hydrogen-bond acceptors (Lipinski definition) is 6. The van der Waals surface area contributed by atoms with E-state index in [9.17, 15) is 9.18 Å². The molecule has 0 fully saturated rings. The largest absolute Gasteiger partial charge is 0.334 e. The zero-order chi connectivity index (χ0) is 18.8. The fraction of sp³-hybridized carbons (Fsp3) is 0.250. The number of anilines is 1. The number of halogens is 1. The van der Waals surface area contributed by atoms with E-state index in [1.54, 1.807) is 23.7 Å². The second-order valence-corrected chi connectivity index (χ2v) is 6.73. The summed E-state index contributed by atoms with van der Waals surface area (Å²) in [5, 5.41) is 15.3. The van der Waals surface area contributed by atoms with Crippen LogP contribution in [0.25, 0.3) is 5.95 Å². The quantitative estimate of drug-likeness (QED) is 0.522. The molecule has 0 aliphatic carbocycles. The van der Waals surface area contributed by atoms with Gasteiger partial charge in [-0.05, 0) is 44.5 Å². The summed E-state index contributed by atoms with van der Waals surface area (Å²) < 4.78 is 16.4. The van der Waals surface area contributed by atoms with Crippen LogP contribution in [0.1, 0.15) is 17.0 Å². The molecule has 0 unspecified atom stereocenters. The van der Waals surface area contributed by atoms with E-state index in [4.69, 9.17) is 5.84 Å². The molecule has 1 aromatic carbocycles. The van der Waals surface area contributed by atoms with Crippen molar-refractivity contribution in [2.45, 2.75) is 25.9 Å². The molecule has 2 aromatic heterocycles. The molecule has 0 spiro atoms. The van der Waals surface area contributed by atoms with E-state index in [1.165, 1.54) is 10.7 Å². The summed E-state index contributed by atoms with van der Waals surface area (Å²) in [7, 11) is 0. The Labute approximate surface area is 153 Å². The average Bonchev–Trinajstić information content (AvgIpc) is 3.10. The zero-order valence-electron chi connectivity index (χ0n) is 14.5. The van der Waals surface area contributed by atoms with Crippen LogP contribution in [-0.4, -0.2) is 36.3 Å². The van der Waals surface area contributed by atoms with Crippen LogP contribution in [0.2, 0.25) is 0 Å². The highest BCUT2D eigenvalue weighted by atomic mass is 32.2. The van der Waals surface area contributed by atoms with Crippen molar-refractivity contribution in [1.82, 2.24) is 24.7 Å². The van der Waals surface area contributed by atoms with Crippen LogP contribution in [0.15, 0.2) is 29.4 Å². The third kappa shape index (κ3) is 3.69. The standard InChI is InChI=1S/C16H18FN7OS/c1-9-4-5-12(7-13(9)17)19-14(25)8-26-16-21-20-15(23(16)18)24-11(3)6-10(2)22-24/h4-7H,8,18H2,1-3H3,(H,19,25). The van der Waals surface area contributed by atoms with Crippen molar-refractivity contribution in [3.05, 3.63) is 47.0 Å². The van der Waals surface area contributed by atoms with E-state index in [0.717, 1.165) is 23.1 Å². The number of benzene rings is 1. The second-order valence-electron chi connectivity index (χ2n) is 5.79. The van der Waals surface area contributed by atoms with Crippen LogP contribution in [-0.2, 0) is 4.79 Å². The van der Waals surface area contributed by atoms with Gasteiger partial charge in [0, 0.05) is 11.4 Å². The minimum absolute atomic E-state index is 0.0575. The normalized spacial score (nSPS) is 10.9. The van der Waals surface area contributed by atoms with Crippen LogP contribution in [0.5, 0.6) is 0 Å². The number of nitrogen functional groups attached to an aromatic ring is 1. The Morgan fingerprint density at radius 1 is 1.27 bits per heavy atom. The molecule has 3 aromatic rings. The fourth-order valence-electron chi connectivity index (χ4n) is 2.34. The molecule has 1 amide bonds. The Morgan fingerprint density at radius 2 is 2.04 bits per heavy atom. The van der Waals surface area contributed by atoms with Gasteiger partial charge in [-0.2, -0.15) is 5.10 Å². The smallest absolute Gasteiger partial charge is 0.271 e. The lowest BCUT2D eigenvalue weighted by atomic mass is 10.2. The molecule has 3 N–H and O–H groups in total. The van der Waals surface area contributed by atoms with Crippen molar-refractivity contribution in [3.63, 3.8) is 0 Å². The highest BCUT2D eigenvalue weighted by Gasteiger charge is 2.16. The second kappa shape index (κ2) is 7.16. The number of hydrogen-bond donors (Lipinski definition) is 2. The number of thioether (sulfide) groups is 1. The first-order valence-corrected chi connectivity index (χ1v) is 8.76. The van der Waals surface area contributed by atoms with Gasteiger partial charge in [-0.3, -0.25) is 4.79 Å². The molecule has 26 heavy (non-hydrogen) atoms.